The number of aromatic nitrogens is 1. The van der Waals surface area contributed by atoms with Crippen LogP contribution in [-0.2, 0) is 22.5 Å². The van der Waals surface area contributed by atoms with Crippen molar-refractivity contribution in [3.63, 3.8) is 0 Å². The molecule has 1 aromatic carbocycles. The standard InChI is InChI=1S/C23H29N3O3/c1-15-7-6-8-16(2)26(15)21(27)14-29-23(28)22-17-9-4-5-10-19(17)24-20-11-12-25(3)13-18(20)22/h4-5,9-10,15-16H,6-8,11-14H2,1-3H3. The van der Waals surface area contributed by atoms with Crippen molar-refractivity contribution in [2.45, 2.75) is 58.2 Å². The number of rotatable bonds is 3. The van der Waals surface area contributed by atoms with E-state index in [2.05, 4.69) is 18.7 Å². The largest absolute Gasteiger partial charge is 0.452 e. The molecule has 0 bridgehead atoms. The summed E-state index contributed by atoms with van der Waals surface area (Å²) in [4.78, 5) is 34.8. The summed E-state index contributed by atoms with van der Waals surface area (Å²) in [6, 6.07) is 8.04. The predicted octanol–water partition coefficient (Wildman–Crippen LogP) is 3.17. The molecule has 4 rings (SSSR count). The molecule has 0 N–H and O–H groups in total. The number of nitrogens with zero attached hydrogens (tertiary/aromatic N) is 3. The van der Waals surface area contributed by atoms with Crippen LogP contribution in [0.5, 0.6) is 0 Å². The minimum Gasteiger partial charge on any atom is -0.452 e. The van der Waals surface area contributed by atoms with Crippen LogP contribution in [0.2, 0.25) is 0 Å². The van der Waals surface area contributed by atoms with Gasteiger partial charge in [-0.1, -0.05) is 18.2 Å². The summed E-state index contributed by atoms with van der Waals surface area (Å²) in [6.07, 6.45) is 3.94. The summed E-state index contributed by atoms with van der Waals surface area (Å²) >= 11 is 0. The van der Waals surface area contributed by atoms with E-state index in [-0.39, 0.29) is 24.6 Å². The molecule has 2 aromatic rings. The summed E-state index contributed by atoms with van der Waals surface area (Å²) in [5.41, 5.74) is 3.24. The van der Waals surface area contributed by atoms with Crippen LogP contribution in [0.1, 0.15) is 54.7 Å². The minimum absolute atomic E-state index is 0.109. The van der Waals surface area contributed by atoms with Gasteiger partial charge in [-0.15, -0.1) is 0 Å². The van der Waals surface area contributed by atoms with Gasteiger partial charge in [0.2, 0.25) is 0 Å². The second kappa shape index (κ2) is 8.11. The Labute approximate surface area is 171 Å². The minimum atomic E-state index is -0.430. The number of para-hydroxylation sites is 1. The Bertz CT molecular complexity index is 932. The van der Waals surface area contributed by atoms with Gasteiger partial charge in [0.1, 0.15) is 0 Å². The molecule has 1 saturated heterocycles. The molecular formula is C23H29N3O3. The van der Waals surface area contributed by atoms with Crippen molar-refractivity contribution < 1.29 is 14.3 Å². The predicted molar refractivity (Wildman–Crippen MR) is 112 cm³/mol. The summed E-state index contributed by atoms with van der Waals surface area (Å²) in [5.74, 6) is -0.539. The maximum atomic E-state index is 13.1. The van der Waals surface area contributed by atoms with Crippen molar-refractivity contribution in [1.82, 2.24) is 14.8 Å². The molecule has 2 atom stereocenters. The Balaban J connectivity index is 1.60. The summed E-state index contributed by atoms with van der Waals surface area (Å²) in [7, 11) is 2.04. The van der Waals surface area contributed by atoms with Crippen molar-refractivity contribution in [3.8, 4) is 0 Å². The van der Waals surface area contributed by atoms with Gasteiger partial charge in [-0.3, -0.25) is 9.78 Å². The average Bonchev–Trinajstić information content (AvgIpc) is 2.70. The fourth-order valence-electron chi connectivity index (χ4n) is 4.75. The quantitative estimate of drug-likeness (QED) is 0.747. The Morgan fingerprint density at radius 1 is 1.17 bits per heavy atom. The molecule has 154 valence electrons. The third-order valence-corrected chi connectivity index (χ3v) is 6.25. The number of esters is 1. The average molecular weight is 396 g/mol. The first-order chi connectivity index (χ1) is 14.0. The first-order valence-corrected chi connectivity index (χ1v) is 10.5. The lowest BCUT2D eigenvalue weighted by atomic mass is 9.96. The lowest BCUT2D eigenvalue weighted by molar-refractivity contribution is -0.140. The van der Waals surface area contributed by atoms with Crippen LogP contribution in [0.15, 0.2) is 24.3 Å². The Morgan fingerprint density at radius 2 is 1.90 bits per heavy atom. The van der Waals surface area contributed by atoms with Gasteiger partial charge in [0.05, 0.1) is 11.1 Å². The van der Waals surface area contributed by atoms with Crippen molar-refractivity contribution in [3.05, 3.63) is 41.1 Å². The number of carbonyl (C=O) groups excluding carboxylic acids is 2. The van der Waals surface area contributed by atoms with Gasteiger partial charge in [0.15, 0.2) is 6.61 Å². The highest BCUT2D eigenvalue weighted by Gasteiger charge is 2.30. The number of piperidine rings is 1. The number of hydrogen-bond acceptors (Lipinski definition) is 5. The van der Waals surface area contributed by atoms with Crippen LogP contribution in [0.4, 0.5) is 0 Å². The number of likely N-dealkylation sites (tertiary alicyclic amines) is 1. The van der Waals surface area contributed by atoms with Gasteiger partial charge in [0, 0.05) is 48.2 Å². The normalized spacial score (nSPS) is 22.4. The van der Waals surface area contributed by atoms with E-state index in [1.807, 2.05) is 36.2 Å². The highest BCUT2D eigenvalue weighted by Crippen LogP contribution is 2.28. The van der Waals surface area contributed by atoms with Crippen LogP contribution in [0.3, 0.4) is 0 Å². The first-order valence-electron chi connectivity index (χ1n) is 10.5. The number of likely N-dealkylation sites (N-methyl/N-ethyl adjacent to an activating group) is 1. The molecule has 0 spiro atoms. The van der Waals surface area contributed by atoms with E-state index in [0.717, 1.165) is 54.4 Å². The summed E-state index contributed by atoms with van der Waals surface area (Å²) in [6.45, 7) is 5.49. The lowest BCUT2D eigenvalue weighted by Gasteiger charge is -2.38. The smallest absolute Gasteiger partial charge is 0.339 e. The van der Waals surface area contributed by atoms with E-state index in [4.69, 9.17) is 9.72 Å². The first kappa shape index (κ1) is 19.8. The van der Waals surface area contributed by atoms with Gasteiger partial charge in [0.25, 0.3) is 5.91 Å². The van der Waals surface area contributed by atoms with Gasteiger partial charge < -0.3 is 14.5 Å². The highest BCUT2D eigenvalue weighted by atomic mass is 16.5. The topological polar surface area (TPSA) is 62.7 Å². The van der Waals surface area contributed by atoms with Gasteiger partial charge in [-0.2, -0.15) is 0 Å². The molecule has 3 heterocycles. The molecule has 0 aliphatic carbocycles. The van der Waals surface area contributed by atoms with E-state index in [0.29, 0.717) is 12.1 Å². The van der Waals surface area contributed by atoms with E-state index in [1.165, 1.54) is 0 Å². The van der Waals surface area contributed by atoms with Crippen molar-refractivity contribution in [2.24, 2.45) is 0 Å². The number of ether oxygens (including phenoxy) is 1. The number of carbonyl (C=O) groups is 2. The molecule has 1 amide bonds. The third-order valence-electron chi connectivity index (χ3n) is 6.25. The molecule has 2 aliphatic rings. The molecule has 0 saturated carbocycles. The zero-order chi connectivity index (χ0) is 20.5. The van der Waals surface area contributed by atoms with Crippen LogP contribution in [-0.4, -0.2) is 58.9 Å². The third kappa shape index (κ3) is 3.86. The molecule has 1 fully saturated rings. The molecule has 1 aromatic heterocycles. The fourth-order valence-corrected chi connectivity index (χ4v) is 4.75. The lowest BCUT2D eigenvalue weighted by Crippen LogP contribution is -2.49. The SMILES string of the molecule is CC1CCCC(C)N1C(=O)COC(=O)c1c2c(nc3ccccc13)CCN(C)C2. The molecule has 2 aliphatic heterocycles. The Morgan fingerprint density at radius 3 is 2.66 bits per heavy atom. The highest BCUT2D eigenvalue weighted by molar-refractivity contribution is 6.05. The van der Waals surface area contributed by atoms with Crippen LogP contribution in [0, 0.1) is 0 Å². The molecule has 6 heteroatoms. The van der Waals surface area contributed by atoms with Gasteiger partial charge in [-0.25, -0.2) is 4.79 Å². The van der Waals surface area contributed by atoms with Crippen LogP contribution in [0.25, 0.3) is 10.9 Å². The maximum Gasteiger partial charge on any atom is 0.339 e. The molecule has 2 unspecified atom stereocenters. The summed E-state index contributed by atoms with van der Waals surface area (Å²) in [5, 5.41) is 0.790. The van der Waals surface area contributed by atoms with Crippen molar-refractivity contribution >= 4 is 22.8 Å². The molecule has 6 nitrogen and oxygen atoms in total. The second-order valence-electron chi connectivity index (χ2n) is 8.42. The van der Waals surface area contributed by atoms with E-state index < -0.39 is 5.97 Å². The molecule has 0 radical (unpaired) electrons. The monoisotopic (exact) mass is 395 g/mol. The number of fused-ring (bicyclic) bond motifs is 2. The van der Waals surface area contributed by atoms with E-state index in [9.17, 15) is 9.59 Å². The summed E-state index contributed by atoms with van der Waals surface area (Å²) < 4.78 is 5.57. The number of pyridine rings is 1. The van der Waals surface area contributed by atoms with E-state index in [1.54, 1.807) is 0 Å². The van der Waals surface area contributed by atoms with Crippen LogP contribution >= 0.6 is 0 Å². The molecule has 29 heavy (non-hydrogen) atoms. The van der Waals surface area contributed by atoms with Gasteiger partial charge in [-0.05, 0) is 46.2 Å². The zero-order valence-corrected chi connectivity index (χ0v) is 17.5. The maximum absolute atomic E-state index is 13.1. The fraction of sp³-hybridized carbons (Fsp3) is 0.522. The number of benzene rings is 1. The number of hydrogen-bond donors (Lipinski definition) is 0. The van der Waals surface area contributed by atoms with Crippen LogP contribution < -0.4 is 0 Å². The zero-order valence-electron chi connectivity index (χ0n) is 17.5. The molecular weight excluding hydrogens is 366 g/mol. The second-order valence-corrected chi connectivity index (χ2v) is 8.42. The number of amides is 1. The Hall–Kier alpha value is -2.47. The van der Waals surface area contributed by atoms with E-state index >= 15 is 0 Å². The van der Waals surface area contributed by atoms with Gasteiger partial charge >= 0.3 is 5.97 Å². The van der Waals surface area contributed by atoms with Crippen molar-refractivity contribution in [2.75, 3.05) is 20.2 Å². The van der Waals surface area contributed by atoms with Crippen molar-refractivity contribution in [1.29, 1.82) is 0 Å². The Kier molecular flexibility index (Phi) is 5.54.